The molecular weight excluding hydrogens is 261 g/mol. The summed E-state index contributed by atoms with van der Waals surface area (Å²) in [6, 6.07) is 9.03. The van der Waals surface area contributed by atoms with Crippen LogP contribution in [0.4, 0.5) is 4.39 Å². The Kier molecular flexibility index (Phi) is 5.29. The van der Waals surface area contributed by atoms with Crippen molar-refractivity contribution in [3.8, 4) is 0 Å². The molecule has 0 atom stereocenters. The first-order valence-corrected chi connectivity index (χ1v) is 8.77. The molecule has 1 aliphatic carbocycles. The summed E-state index contributed by atoms with van der Waals surface area (Å²) in [5.74, 6) is 0.784. The SMILES string of the molecule is FC1CCN(CCc2ccccc2C2CCCCC2)CC1. The Morgan fingerprint density at radius 3 is 2.43 bits per heavy atom. The van der Waals surface area contributed by atoms with E-state index in [1.165, 1.54) is 37.7 Å². The van der Waals surface area contributed by atoms with Gasteiger partial charge in [0.25, 0.3) is 0 Å². The van der Waals surface area contributed by atoms with Crippen LogP contribution in [0.25, 0.3) is 0 Å². The van der Waals surface area contributed by atoms with Crippen LogP contribution in [0, 0.1) is 0 Å². The van der Waals surface area contributed by atoms with Crippen LogP contribution in [-0.2, 0) is 6.42 Å². The minimum absolute atomic E-state index is 0.559. The summed E-state index contributed by atoms with van der Waals surface area (Å²) in [4.78, 5) is 2.44. The molecule has 3 rings (SSSR count). The molecule has 2 aliphatic rings. The Hall–Kier alpha value is -0.890. The van der Waals surface area contributed by atoms with E-state index in [2.05, 4.69) is 29.2 Å². The predicted octanol–water partition coefficient (Wildman–Crippen LogP) is 4.71. The maximum absolute atomic E-state index is 13.2. The van der Waals surface area contributed by atoms with E-state index in [1.807, 2.05) is 0 Å². The second-order valence-corrected chi connectivity index (χ2v) is 6.80. The summed E-state index contributed by atoms with van der Waals surface area (Å²) < 4.78 is 13.2. The lowest BCUT2D eigenvalue weighted by molar-refractivity contribution is 0.152. The molecule has 0 bridgehead atoms. The molecule has 0 N–H and O–H groups in total. The van der Waals surface area contributed by atoms with Crippen molar-refractivity contribution in [1.82, 2.24) is 4.90 Å². The number of halogens is 1. The van der Waals surface area contributed by atoms with Crippen molar-refractivity contribution in [1.29, 1.82) is 0 Å². The third-order valence-electron chi connectivity index (χ3n) is 5.31. The fourth-order valence-corrected chi connectivity index (χ4v) is 3.98. The first-order chi connectivity index (χ1) is 10.3. The highest BCUT2D eigenvalue weighted by Crippen LogP contribution is 2.34. The zero-order chi connectivity index (χ0) is 14.5. The molecule has 0 amide bonds. The van der Waals surface area contributed by atoms with Crippen LogP contribution in [0.1, 0.15) is 62.0 Å². The minimum atomic E-state index is -0.559. The fraction of sp³-hybridized carbons (Fsp3) is 0.684. The Bertz CT molecular complexity index is 431. The molecule has 116 valence electrons. The molecule has 21 heavy (non-hydrogen) atoms. The first kappa shape index (κ1) is 15.0. The van der Waals surface area contributed by atoms with E-state index in [-0.39, 0.29) is 0 Å². The van der Waals surface area contributed by atoms with Gasteiger partial charge in [-0.3, -0.25) is 0 Å². The van der Waals surface area contributed by atoms with E-state index in [0.29, 0.717) is 0 Å². The molecule has 0 spiro atoms. The number of alkyl halides is 1. The molecule has 1 aromatic rings. The molecular formula is C19H28FN. The zero-order valence-electron chi connectivity index (χ0n) is 13.1. The van der Waals surface area contributed by atoms with Crippen molar-refractivity contribution < 1.29 is 4.39 Å². The molecule has 1 aromatic carbocycles. The van der Waals surface area contributed by atoms with Gasteiger partial charge in [-0.1, -0.05) is 43.5 Å². The first-order valence-electron chi connectivity index (χ1n) is 8.77. The van der Waals surface area contributed by atoms with Crippen LogP contribution in [0.2, 0.25) is 0 Å². The maximum Gasteiger partial charge on any atom is 0.103 e. The average molecular weight is 289 g/mol. The summed E-state index contributed by atoms with van der Waals surface area (Å²) >= 11 is 0. The molecule has 0 aromatic heterocycles. The Labute approximate surface area is 128 Å². The third-order valence-corrected chi connectivity index (χ3v) is 5.31. The molecule has 0 unspecified atom stereocenters. The quantitative estimate of drug-likeness (QED) is 0.776. The summed E-state index contributed by atoms with van der Waals surface area (Å²) in [5.41, 5.74) is 3.13. The van der Waals surface area contributed by atoms with Crippen molar-refractivity contribution in [3.05, 3.63) is 35.4 Å². The monoisotopic (exact) mass is 289 g/mol. The third kappa shape index (κ3) is 4.06. The highest BCUT2D eigenvalue weighted by atomic mass is 19.1. The molecule has 1 saturated carbocycles. The lowest BCUT2D eigenvalue weighted by atomic mass is 9.81. The standard InChI is InChI=1S/C19H28FN/c20-18-11-14-21(15-12-18)13-10-17-8-4-5-9-19(17)16-6-2-1-3-7-16/h4-5,8-9,16,18H,1-3,6-7,10-15H2. The van der Waals surface area contributed by atoms with Gasteiger partial charge in [0.2, 0.25) is 0 Å². The van der Waals surface area contributed by atoms with E-state index in [1.54, 1.807) is 5.56 Å². The second kappa shape index (κ2) is 7.40. The van der Waals surface area contributed by atoms with Crippen LogP contribution >= 0.6 is 0 Å². The van der Waals surface area contributed by atoms with Gasteiger partial charge in [0.15, 0.2) is 0 Å². The summed E-state index contributed by atoms with van der Waals surface area (Å²) in [6.07, 6.45) is 8.95. The van der Waals surface area contributed by atoms with Crippen LogP contribution in [0.3, 0.4) is 0 Å². The van der Waals surface area contributed by atoms with Crippen molar-refractivity contribution in [3.63, 3.8) is 0 Å². The van der Waals surface area contributed by atoms with Crippen molar-refractivity contribution >= 4 is 0 Å². The number of benzene rings is 1. The smallest absolute Gasteiger partial charge is 0.103 e. The van der Waals surface area contributed by atoms with Gasteiger partial charge in [-0.15, -0.1) is 0 Å². The van der Waals surface area contributed by atoms with Gasteiger partial charge in [-0.25, -0.2) is 4.39 Å². The molecule has 1 saturated heterocycles. The van der Waals surface area contributed by atoms with E-state index in [0.717, 1.165) is 44.8 Å². The van der Waals surface area contributed by atoms with E-state index in [4.69, 9.17) is 0 Å². The molecule has 0 radical (unpaired) electrons. The average Bonchev–Trinajstić information content (AvgIpc) is 2.55. The lowest BCUT2D eigenvalue weighted by Crippen LogP contribution is -2.35. The summed E-state index contributed by atoms with van der Waals surface area (Å²) in [7, 11) is 0. The zero-order valence-corrected chi connectivity index (χ0v) is 13.1. The number of nitrogens with zero attached hydrogens (tertiary/aromatic N) is 1. The van der Waals surface area contributed by atoms with Crippen molar-refractivity contribution in [2.45, 2.75) is 63.5 Å². The lowest BCUT2D eigenvalue weighted by Gasteiger charge is -2.29. The number of rotatable bonds is 4. The van der Waals surface area contributed by atoms with Gasteiger partial charge in [-0.05, 0) is 49.1 Å². The normalized spacial score (nSPS) is 22.5. The number of hydrogen-bond donors (Lipinski definition) is 0. The van der Waals surface area contributed by atoms with E-state index >= 15 is 0 Å². The topological polar surface area (TPSA) is 3.24 Å². The van der Waals surface area contributed by atoms with Gasteiger partial charge in [0.05, 0.1) is 0 Å². The number of hydrogen-bond acceptors (Lipinski definition) is 1. The van der Waals surface area contributed by atoms with E-state index in [9.17, 15) is 4.39 Å². The van der Waals surface area contributed by atoms with Crippen LogP contribution in [-0.4, -0.2) is 30.7 Å². The molecule has 1 aliphatic heterocycles. The Morgan fingerprint density at radius 1 is 0.952 bits per heavy atom. The second-order valence-electron chi connectivity index (χ2n) is 6.80. The molecule has 1 heterocycles. The maximum atomic E-state index is 13.2. The molecule has 1 nitrogen and oxygen atoms in total. The van der Waals surface area contributed by atoms with Gasteiger partial charge in [0.1, 0.15) is 6.17 Å². The largest absolute Gasteiger partial charge is 0.303 e. The van der Waals surface area contributed by atoms with Gasteiger partial charge in [0, 0.05) is 19.6 Å². The predicted molar refractivity (Wildman–Crippen MR) is 86.5 cm³/mol. The minimum Gasteiger partial charge on any atom is -0.303 e. The number of piperidine rings is 1. The Morgan fingerprint density at radius 2 is 1.67 bits per heavy atom. The molecule has 2 fully saturated rings. The van der Waals surface area contributed by atoms with Gasteiger partial charge < -0.3 is 4.90 Å². The van der Waals surface area contributed by atoms with Crippen LogP contribution in [0.15, 0.2) is 24.3 Å². The summed E-state index contributed by atoms with van der Waals surface area (Å²) in [5, 5.41) is 0. The van der Waals surface area contributed by atoms with E-state index < -0.39 is 6.17 Å². The van der Waals surface area contributed by atoms with Gasteiger partial charge in [-0.2, -0.15) is 0 Å². The highest BCUT2D eigenvalue weighted by Gasteiger charge is 2.20. The highest BCUT2D eigenvalue weighted by molar-refractivity contribution is 5.31. The van der Waals surface area contributed by atoms with Gasteiger partial charge >= 0.3 is 0 Å². The fourth-order valence-electron chi connectivity index (χ4n) is 3.98. The Balaban J connectivity index is 1.59. The van der Waals surface area contributed by atoms with Crippen molar-refractivity contribution in [2.75, 3.05) is 19.6 Å². The van der Waals surface area contributed by atoms with Crippen molar-refractivity contribution in [2.24, 2.45) is 0 Å². The molecule has 2 heteroatoms. The summed E-state index contributed by atoms with van der Waals surface area (Å²) in [6.45, 7) is 2.97. The van der Waals surface area contributed by atoms with Crippen LogP contribution in [0.5, 0.6) is 0 Å². The number of likely N-dealkylation sites (tertiary alicyclic amines) is 1. The van der Waals surface area contributed by atoms with Crippen LogP contribution < -0.4 is 0 Å².